The van der Waals surface area contributed by atoms with E-state index in [0.29, 0.717) is 5.56 Å². The number of hydrogen-bond donors (Lipinski definition) is 0. The van der Waals surface area contributed by atoms with Crippen LogP contribution in [0.5, 0.6) is 0 Å². The maximum atomic E-state index is 12.6. The van der Waals surface area contributed by atoms with Crippen LogP contribution in [0.25, 0.3) is 10.8 Å². The van der Waals surface area contributed by atoms with Gasteiger partial charge in [-0.05, 0) is 24.6 Å². The molecule has 0 saturated carbocycles. The Morgan fingerprint density at radius 2 is 1.60 bits per heavy atom. The molecule has 0 N–H and O–H groups in total. The Labute approximate surface area is 118 Å². The summed E-state index contributed by atoms with van der Waals surface area (Å²) in [6.07, 6.45) is 0. The lowest BCUT2D eigenvalue weighted by molar-refractivity contribution is 0.100. The normalized spacial score (nSPS) is 11.7. The number of carbonyl (C=O) groups is 1. The van der Waals surface area contributed by atoms with Gasteiger partial charge in [0.25, 0.3) is 5.52 Å². The molecule has 0 unspecified atom stereocenters. The molecule has 106 valence electrons. The van der Waals surface area contributed by atoms with Crippen molar-refractivity contribution in [1.29, 1.82) is 0 Å². The van der Waals surface area contributed by atoms with Crippen molar-refractivity contribution in [1.82, 2.24) is 0 Å². The third-order valence-corrected chi connectivity index (χ3v) is 4.80. The minimum atomic E-state index is -3.78. The summed E-state index contributed by atoms with van der Waals surface area (Å²) >= 11 is 0. The van der Waals surface area contributed by atoms with Crippen molar-refractivity contribution in [2.24, 2.45) is 0 Å². The van der Waals surface area contributed by atoms with E-state index < -0.39 is 13.1 Å². The van der Waals surface area contributed by atoms with Crippen molar-refractivity contribution in [3.05, 3.63) is 48.0 Å². The van der Waals surface area contributed by atoms with Crippen LogP contribution in [0.1, 0.15) is 24.2 Å². The number of benzene rings is 2. The Hall–Kier alpha value is -1.48. The first-order valence-corrected chi connectivity index (χ1v) is 8.08. The quantitative estimate of drug-likeness (QED) is 0.747. The first-order valence-electron chi connectivity index (χ1n) is 6.54. The van der Waals surface area contributed by atoms with Gasteiger partial charge in [-0.1, -0.05) is 42.5 Å². The van der Waals surface area contributed by atoms with Crippen molar-refractivity contribution in [3.63, 3.8) is 0 Å². The molecule has 0 aromatic heterocycles. The first kappa shape index (κ1) is 14.9. The van der Waals surface area contributed by atoms with Crippen LogP contribution in [0.2, 0.25) is 0 Å². The Kier molecular flexibility index (Phi) is 4.71. The lowest BCUT2D eigenvalue weighted by atomic mass is 10.1. The molecule has 2 aromatic rings. The Morgan fingerprint density at radius 3 is 2.25 bits per heavy atom. The zero-order chi connectivity index (χ0) is 14.6. The Balaban J connectivity index is 2.52. The molecule has 0 fully saturated rings. The summed E-state index contributed by atoms with van der Waals surface area (Å²) in [5.74, 6) is 0. The largest absolute Gasteiger partial charge is 0.401 e. The van der Waals surface area contributed by atoms with Crippen LogP contribution in [-0.4, -0.2) is 18.7 Å². The molecular formula is C15H17O4P. The van der Waals surface area contributed by atoms with E-state index in [4.69, 9.17) is 9.05 Å². The van der Waals surface area contributed by atoms with Crippen LogP contribution >= 0.6 is 7.60 Å². The van der Waals surface area contributed by atoms with Crippen LogP contribution in [0.15, 0.2) is 42.5 Å². The topological polar surface area (TPSA) is 52.6 Å². The molecule has 0 saturated heterocycles. The summed E-state index contributed by atoms with van der Waals surface area (Å²) in [6.45, 7) is 3.69. The highest BCUT2D eigenvalue weighted by Gasteiger charge is 2.35. The molecule has 0 aliphatic carbocycles. The number of rotatable bonds is 6. The molecule has 0 bridgehead atoms. The van der Waals surface area contributed by atoms with Gasteiger partial charge in [-0.2, -0.15) is 0 Å². The van der Waals surface area contributed by atoms with Gasteiger partial charge < -0.3 is 9.05 Å². The molecule has 0 heterocycles. The molecule has 0 atom stereocenters. The molecule has 2 rings (SSSR count). The van der Waals surface area contributed by atoms with E-state index in [0.717, 1.165) is 10.8 Å². The molecule has 0 amide bonds. The van der Waals surface area contributed by atoms with Crippen molar-refractivity contribution in [2.45, 2.75) is 13.8 Å². The molecule has 0 radical (unpaired) electrons. The highest BCUT2D eigenvalue weighted by molar-refractivity contribution is 7.72. The monoisotopic (exact) mass is 292 g/mol. The van der Waals surface area contributed by atoms with E-state index in [2.05, 4.69) is 0 Å². The van der Waals surface area contributed by atoms with Crippen molar-refractivity contribution < 1.29 is 18.4 Å². The van der Waals surface area contributed by atoms with Crippen molar-refractivity contribution in [3.8, 4) is 0 Å². The predicted molar refractivity (Wildman–Crippen MR) is 79.1 cm³/mol. The fourth-order valence-electron chi connectivity index (χ4n) is 2.05. The summed E-state index contributed by atoms with van der Waals surface area (Å²) in [5.41, 5.74) is -0.216. The van der Waals surface area contributed by atoms with Crippen LogP contribution in [0, 0.1) is 0 Å². The highest BCUT2D eigenvalue weighted by atomic mass is 31.2. The standard InChI is InChI=1S/C15H17O4P/c1-3-18-20(17,19-4-2)15(16)14-11-7-9-12-8-5-6-10-13(12)14/h5-11H,3-4H2,1-2H3. The van der Waals surface area contributed by atoms with Crippen molar-refractivity contribution >= 4 is 23.9 Å². The second kappa shape index (κ2) is 6.31. The smallest absolute Gasteiger partial charge is 0.303 e. The van der Waals surface area contributed by atoms with Gasteiger partial charge in [0.2, 0.25) is 0 Å². The molecule has 5 heteroatoms. The average molecular weight is 292 g/mol. The minimum Gasteiger partial charge on any atom is -0.303 e. The number of hydrogen-bond acceptors (Lipinski definition) is 4. The lowest BCUT2D eigenvalue weighted by Crippen LogP contribution is -2.08. The van der Waals surface area contributed by atoms with Crippen LogP contribution in [0.3, 0.4) is 0 Å². The summed E-state index contributed by atoms with van der Waals surface area (Å²) in [4.78, 5) is 12.5. The fourth-order valence-corrected chi connectivity index (χ4v) is 3.53. The molecule has 20 heavy (non-hydrogen) atoms. The van der Waals surface area contributed by atoms with E-state index >= 15 is 0 Å². The van der Waals surface area contributed by atoms with Gasteiger partial charge in [0, 0.05) is 5.56 Å². The molecule has 0 aliphatic heterocycles. The molecular weight excluding hydrogens is 275 g/mol. The van der Waals surface area contributed by atoms with Gasteiger partial charge in [0.05, 0.1) is 13.2 Å². The third-order valence-electron chi connectivity index (χ3n) is 2.87. The predicted octanol–water partition coefficient (Wildman–Crippen LogP) is 4.25. The Morgan fingerprint density at radius 1 is 1.00 bits per heavy atom. The van der Waals surface area contributed by atoms with Gasteiger partial charge in [0.15, 0.2) is 0 Å². The SMILES string of the molecule is CCOP(=O)(OCC)C(=O)c1cccc2ccccc12. The maximum Gasteiger partial charge on any atom is 0.401 e. The first-order chi connectivity index (χ1) is 9.62. The second-order valence-electron chi connectivity index (χ2n) is 4.16. The highest BCUT2D eigenvalue weighted by Crippen LogP contribution is 2.51. The number of carbonyl (C=O) groups excluding carboxylic acids is 1. The van der Waals surface area contributed by atoms with Gasteiger partial charge in [0.1, 0.15) is 0 Å². The lowest BCUT2D eigenvalue weighted by Gasteiger charge is -2.16. The maximum absolute atomic E-state index is 12.6. The fraction of sp³-hybridized carbons (Fsp3) is 0.267. The number of fused-ring (bicyclic) bond motifs is 1. The van der Waals surface area contributed by atoms with Gasteiger partial charge in [-0.25, -0.2) is 0 Å². The van der Waals surface area contributed by atoms with Gasteiger partial charge in [-0.15, -0.1) is 0 Å². The van der Waals surface area contributed by atoms with E-state index in [1.165, 1.54) is 0 Å². The van der Waals surface area contributed by atoms with Crippen LogP contribution in [0.4, 0.5) is 0 Å². The third kappa shape index (κ3) is 2.83. The van der Waals surface area contributed by atoms with Gasteiger partial charge >= 0.3 is 7.60 Å². The molecule has 0 aliphatic rings. The second-order valence-corrected chi connectivity index (χ2v) is 6.08. The summed E-state index contributed by atoms with van der Waals surface area (Å²) in [6, 6.07) is 12.8. The summed E-state index contributed by atoms with van der Waals surface area (Å²) < 4.78 is 22.8. The van der Waals surface area contributed by atoms with Crippen LogP contribution in [-0.2, 0) is 13.6 Å². The van der Waals surface area contributed by atoms with Crippen LogP contribution < -0.4 is 0 Å². The molecule has 4 nitrogen and oxygen atoms in total. The van der Waals surface area contributed by atoms with E-state index in [9.17, 15) is 9.36 Å². The summed E-state index contributed by atoms with van der Waals surface area (Å²) in [5, 5.41) is 1.66. The zero-order valence-corrected chi connectivity index (χ0v) is 12.4. The zero-order valence-electron chi connectivity index (χ0n) is 11.5. The van der Waals surface area contributed by atoms with E-state index in [1.807, 2.05) is 30.3 Å². The minimum absolute atomic E-state index is 0.160. The Bertz CT molecular complexity index is 650. The van der Waals surface area contributed by atoms with E-state index in [1.54, 1.807) is 26.0 Å². The van der Waals surface area contributed by atoms with E-state index in [-0.39, 0.29) is 13.2 Å². The summed E-state index contributed by atoms with van der Waals surface area (Å²) in [7, 11) is -3.78. The van der Waals surface area contributed by atoms with Crippen molar-refractivity contribution in [2.75, 3.05) is 13.2 Å². The molecule has 2 aromatic carbocycles. The molecule has 0 spiro atoms. The average Bonchev–Trinajstić information content (AvgIpc) is 2.46. The van der Waals surface area contributed by atoms with Gasteiger partial charge in [-0.3, -0.25) is 9.36 Å².